The normalized spacial score (nSPS) is 18.8. The van der Waals surface area contributed by atoms with Crippen LogP contribution in [0, 0.1) is 0 Å². The molecule has 0 bridgehead atoms. The molecular formula is C21H21NO6S. The number of imide groups is 1. The molecule has 0 aromatic heterocycles. The summed E-state index contributed by atoms with van der Waals surface area (Å²) in [4.78, 5) is 37.1. The van der Waals surface area contributed by atoms with Crippen LogP contribution in [0.1, 0.15) is 12.0 Å². The molecule has 2 amide bonds. The standard InChI is InChI=1S/C21H21NO6S/c1-27-17(23)11-12-29-19-18(24)20(25)22(21(19)26)13-14-7-9-16(10-8-14)28-15-5-3-2-4-6-15/h2-10,18-19,24H,11-13H2,1H3. The topological polar surface area (TPSA) is 93.1 Å². The third-order valence-electron chi connectivity index (χ3n) is 4.39. The van der Waals surface area contributed by atoms with Crippen LogP contribution in [-0.4, -0.2) is 52.0 Å². The van der Waals surface area contributed by atoms with Gasteiger partial charge in [-0.15, -0.1) is 11.8 Å². The van der Waals surface area contributed by atoms with Crippen LogP contribution in [0.25, 0.3) is 0 Å². The Balaban J connectivity index is 1.59. The monoisotopic (exact) mass is 415 g/mol. The van der Waals surface area contributed by atoms with Gasteiger partial charge >= 0.3 is 5.97 Å². The van der Waals surface area contributed by atoms with Crippen LogP contribution < -0.4 is 4.74 Å². The molecule has 152 valence electrons. The third kappa shape index (κ3) is 5.16. The van der Waals surface area contributed by atoms with Gasteiger partial charge in [-0.3, -0.25) is 19.3 Å². The zero-order valence-corrected chi connectivity index (χ0v) is 16.6. The van der Waals surface area contributed by atoms with Crippen LogP contribution in [0.15, 0.2) is 54.6 Å². The Kier molecular flexibility index (Phi) is 6.90. The molecule has 1 aliphatic rings. The van der Waals surface area contributed by atoms with Gasteiger partial charge < -0.3 is 14.6 Å². The van der Waals surface area contributed by atoms with E-state index in [-0.39, 0.29) is 18.7 Å². The van der Waals surface area contributed by atoms with Gasteiger partial charge in [-0.1, -0.05) is 30.3 Å². The number of benzene rings is 2. The fraction of sp³-hybridized carbons (Fsp3) is 0.286. The van der Waals surface area contributed by atoms with Gasteiger partial charge in [0.25, 0.3) is 5.91 Å². The third-order valence-corrected chi connectivity index (χ3v) is 5.65. The Labute approximate surface area is 172 Å². The Hall–Kier alpha value is -2.84. The number of aliphatic hydroxyl groups excluding tert-OH is 1. The molecule has 7 nitrogen and oxygen atoms in total. The lowest BCUT2D eigenvalue weighted by molar-refractivity contribution is -0.142. The zero-order chi connectivity index (χ0) is 20.8. The van der Waals surface area contributed by atoms with Gasteiger partial charge in [0.15, 0.2) is 6.10 Å². The van der Waals surface area contributed by atoms with Crippen molar-refractivity contribution in [2.45, 2.75) is 24.3 Å². The molecule has 0 aliphatic carbocycles. The second-order valence-corrected chi connectivity index (χ2v) is 7.63. The van der Waals surface area contributed by atoms with E-state index in [1.54, 1.807) is 24.3 Å². The van der Waals surface area contributed by atoms with Crippen LogP contribution in [0.4, 0.5) is 0 Å². The first-order valence-corrected chi connectivity index (χ1v) is 10.1. The predicted molar refractivity (Wildman–Crippen MR) is 107 cm³/mol. The number of aliphatic hydroxyl groups is 1. The van der Waals surface area contributed by atoms with Crippen molar-refractivity contribution in [1.82, 2.24) is 4.90 Å². The van der Waals surface area contributed by atoms with Gasteiger partial charge in [0.2, 0.25) is 5.91 Å². The Bertz CT molecular complexity index is 870. The molecule has 1 heterocycles. The van der Waals surface area contributed by atoms with Crippen LogP contribution in [0.2, 0.25) is 0 Å². The number of hydrogen-bond donors (Lipinski definition) is 1. The number of amides is 2. The predicted octanol–water partition coefficient (Wildman–Crippen LogP) is 2.37. The Morgan fingerprint density at radius 1 is 1.03 bits per heavy atom. The fourth-order valence-corrected chi connectivity index (χ4v) is 3.95. The van der Waals surface area contributed by atoms with Crippen LogP contribution in [0.5, 0.6) is 11.5 Å². The van der Waals surface area contributed by atoms with E-state index in [2.05, 4.69) is 4.74 Å². The molecule has 1 fully saturated rings. The number of carbonyl (C=O) groups excluding carboxylic acids is 3. The van der Waals surface area contributed by atoms with Crippen molar-refractivity contribution in [2.75, 3.05) is 12.9 Å². The van der Waals surface area contributed by atoms with Crippen molar-refractivity contribution in [3.63, 3.8) is 0 Å². The van der Waals surface area contributed by atoms with Crippen molar-refractivity contribution >= 4 is 29.5 Å². The number of likely N-dealkylation sites (tertiary alicyclic amines) is 1. The smallest absolute Gasteiger partial charge is 0.306 e. The Morgan fingerprint density at radius 3 is 2.34 bits per heavy atom. The molecule has 8 heteroatoms. The molecule has 0 saturated carbocycles. The number of ether oxygens (including phenoxy) is 2. The quantitative estimate of drug-likeness (QED) is 0.523. The minimum atomic E-state index is -1.41. The first kappa shape index (κ1) is 20.9. The van der Waals surface area contributed by atoms with Crippen molar-refractivity contribution in [2.24, 2.45) is 0 Å². The van der Waals surface area contributed by atoms with Crippen molar-refractivity contribution in [3.05, 3.63) is 60.2 Å². The largest absolute Gasteiger partial charge is 0.469 e. The summed E-state index contributed by atoms with van der Waals surface area (Å²) in [6.07, 6.45) is -1.31. The number of nitrogens with zero attached hydrogens (tertiary/aromatic N) is 1. The molecule has 1 aliphatic heterocycles. The molecule has 1 saturated heterocycles. The van der Waals surface area contributed by atoms with Gasteiger partial charge in [0, 0.05) is 5.75 Å². The van der Waals surface area contributed by atoms with Crippen molar-refractivity contribution in [1.29, 1.82) is 0 Å². The lowest BCUT2D eigenvalue weighted by Gasteiger charge is -2.15. The SMILES string of the molecule is COC(=O)CCSC1C(=O)N(Cc2ccc(Oc3ccccc3)cc2)C(=O)C1O. The van der Waals surface area contributed by atoms with E-state index in [1.807, 2.05) is 30.3 Å². The zero-order valence-electron chi connectivity index (χ0n) is 15.8. The van der Waals surface area contributed by atoms with Crippen molar-refractivity contribution in [3.8, 4) is 11.5 Å². The molecule has 2 aromatic rings. The van der Waals surface area contributed by atoms with E-state index in [1.165, 1.54) is 7.11 Å². The fourth-order valence-electron chi connectivity index (χ4n) is 2.85. The molecule has 0 spiro atoms. The van der Waals surface area contributed by atoms with E-state index in [4.69, 9.17) is 4.74 Å². The van der Waals surface area contributed by atoms with Gasteiger partial charge in [-0.05, 0) is 29.8 Å². The second kappa shape index (κ2) is 9.58. The summed E-state index contributed by atoms with van der Waals surface area (Å²) < 4.78 is 10.3. The molecule has 2 aromatic carbocycles. The van der Waals surface area contributed by atoms with Crippen molar-refractivity contribution < 1.29 is 29.0 Å². The average molecular weight is 415 g/mol. The van der Waals surface area contributed by atoms with Gasteiger partial charge in [-0.2, -0.15) is 0 Å². The summed E-state index contributed by atoms with van der Waals surface area (Å²) in [5.74, 6) is 0.137. The lowest BCUT2D eigenvalue weighted by Crippen LogP contribution is -2.31. The van der Waals surface area contributed by atoms with E-state index in [9.17, 15) is 19.5 Å². The highest BCUT2D eigenvalue weighted by molar-refractivity contribution is 8.00. The highest BCUT2D eigenvalue weighted by Gasteiger charge is 2.46. The molecule has 0 radical (unpaired) electrons. The molecule has 2 unspecified atom stereocenters. The second-order valence-electron chi connectivity index (χ2n) is 6.38. The first-order chi connectivity index (χ1) is 14.0. The first-order valence-electron chi connectivity index (χ1n) is 9.03. The summed E-state index contributed by atoms with van der Waals surface area (Å²) in [6, 6.07) is 16.4. The minimum Gasteiger partial charge on any atom is -0.469 e. The molecule has 1 N–H and O–H groups in total. The highest BCUT2D eigenvalue weighted by Crippen LogP contribution is 2.28. The summed E-state index contributed by atoms with van der Waals surface area (Å²) in [6.45, 7) is 0.0639. The lowest BCUT2D eigenvalue weighted by atomic mass is 10.2. The maximum atomic E-state index is 12.6. The highest BCUT2D eigenvalue weighted by atomic mass is 32.2. The van der Waals surface area contributed by atoms with Crippen LogP contribution in [0.3, 0.4) is 0 Å². The van der Waals surface area contributed by atoms with Gasteiger partial charge in [0.05, 0.1) is 20.1 Å². The number of para-hydroxylation sites is 1. The van der Waals surface area contributed by atoms with E-state index in [0.717, 1.165) is 22.2 Å². The number of esters is 1. The van der Waals surface area contributed by atoms with Gasteiger partial charge in [0.1, 0.15) is 16.7 Å². The molecular weight excluding hydrogens is 394 g/mol. The average Bonchev–Trinajstić information content (AvgIpc) is 2.93. The van der Waals surface area contributed by atoms with E-state index in [0.29, 0.717) is 11.5 Å². The van der Waals surface area contributed by atoms with E-state index < -0.39 is 29.1 Å². The van der Waals surface area contributed by atoms with Crippen LogP contribution >= 0.6 is 11.8 Å². The van der Waals surface area contributed by atoms with Gasteiger partial charge in [-0.25, -0.2) is 0 Å². The maximum Gasteiger partial charge on any atom is 0.306 e. The Morgan fingerprint density at radius 2 is 1.69 bits per heavy atom. The molecule has 29 heavy (non-hydrogen) atoms. The molecule has 2 atom stereocenters. The summed E-state index contributed by atoms with van der Waals surface area (Å²) in [5.41, 5.74) is 0.736. The molecule has 3 rings (SSSR count). The minimum absolute atomic E-state index is 0.0639. The number of rotatable bonds is 8. The number of hydrogen-bond acceptors (Lipinski definition) is 7. The maximum absolute atomic E-state index is 12.6. The number of thioether (sulfide) groups is 1. The number of carbonyl (C=O) groups is 3. The summed E-state index contributed by atoms with van der Waals surface area (Å²) in [5, 5.41) is 9.23. The van der Waals surface area contributed by atoms with Crippen LogP contribution in [-0.2, 0) is 25.7 Å². The van der Waals surface area contributed by atoms with E-state index >= 15 is 0 Å². The number of methoxy groups -OCH3 is 1. The summed E-state index contributed by atoms with van der Waals surface area (Å²) in [7, 11) is 1.28. The summed E-state index contributed by atoms with van der Waals surface area (Å²) >= 11 is 1.08.